The number of alkyl halides is 3. The third kappa shape index (κ3) is 3.50. The fourth-order valence-electron chi connectivity index (χ4n) is 2.50. The monoisotopic (exact) mass is 397 g/mol. The third-order valence-corrected chi connectivity index (χ3v) is 3.80. The molecular formula is C17H12F5N5O. The second kappa shape index (κ2) is 6.91. The summed E-state index contributed by atoms with van der Waals surface area (Å²) in [7, 11) is 0. The summed E-state index contributed by atoms with van der Waals surface area (Å²) in [5, 5.41) is 6.17. The molecule has 0 radical (unpaired) electrons. The molecule has 3 aromatic rings. The molecule has 0 fully saturated rings. The van der Waals surface area contributed by atoms with Crippen LogP contribution in [0.1, 0.15) is 21.6 Å². The molecule has 11 heteroatoms. The Morgan fingerprint density at radius 3 is 2.32 bits per heavy atom. The van der Waals surface area contributed by atoms with Crippen molar-refractivity contribution >= 4 is 17.5 Å². The van der Waals surface area contributed by atoms with Crippen LogP contribution in [0.3, 0.4) is 0 Å². The van der Waals surface area contributed by atoms with Crippen molar-refractivity contribution in [1.82, 2.24) is 14.8 Å². The Morgan fingerprint density at radius 2 is 1.79 bits per heavy atom. The van der Waals surface area contributed by atoms with Crippen molar-refractivity contribution in [3.8, 4) is 5.69 Å². The average molecular weight is 397 g/mol. The number of nitrogen functional groups attached to an aromatic ring is 1. The molecule has 1 aromatic carbocycles. The van der Waals surface area contributed by atoms with Crippen LogP contribution in [-0.4, -0.2) is 20.7 Å². The number of hydrogen-bond acceptors (Lipinski definition) is 4. The highest BCUT2D eigenvalue weighted by atomic mass is 19.4. The number of aryl methyl sites for hydroxylation is 1. The lowest BCUT2D eigenvalue weighted by Crippen LogP contribution is -2.16. The van der Waals surface area contributed by atoms with Crippen molar-refractivity contribution in [2.75, 3.05) is 11.1 Å². The van der Waals surface area contributed by atoms with Gasteiger partial charge in [0.15, 0.2) is 11.6 Å². The summed E-state index contributed by atoms with van der Waals surface area (Å²) in [6.45, 7) is 1.39. The van der Waals surface area contributed by atoms with E-state index in [1.165, 1.54) is 6.92 Å². The molecule has 2 heterocycles. The Kier molecular flexibility index (Phi) is 4.75. The van der Waals surface area contributed by atoms with Crippen LogP contribution < -0.4 is 11.1 Å². The maximum absolute atomic E-state index is 14.0. The summed E-state index contributed by atoms with van der Waals surface area (Å²) in [5.74, 6) is -3.23. The van der Waals surface area contributed by atoms with E-state index in [0.717, 1.165) is 35.0 Å². The summed E-state index contributed by atoms with van der Waals surface area (Å²) in [6, 6.07) is 4.87. The van der Waals surface area contributed by atoms with Gasteiger partial charge in [0, 0.05) is 6.20 Å². The second-order valence-corrected chi connectivity index (χ2v) is 5.71. The predicted octanol–water partition coefficient (Wildman–Crippen LogP) is 3.71. The molecule has 3 N–H and O–H groups in total. The van der Waals surface area contributed by atoms with Crippen molar-refractivity contribution in [3.63, 3.8) is 0 Å². The number of benzene rings is 1. The van der Waals surface area contributed by atoms with Crippen LogP contribution in [0, 0.1) is 18.6 Å². The van der Waals surface area contributed by atoms with Crippen molar-refractivity contribution in [3.05, 3.63) is 65.0 Å². The van der Waals surface area contributed by atoms with Crippen molar-refractivity contribution in [1.29, 1.82) is 0 Å². The van der Waals surface area contributed by atoms with Crippen molar-refractivity contribution in [2.45, 2.75) is 13.1 Å². The van der Waals surface area contributed by atoms with E-state index in [4.69, 9.17) is 5.73 Å². The molecule has 3 rings (SSSR count). The first-order valence-corrected chi connectivity index (χ1v) is 7.73. The molecule has 6 nitrogen and oxygen atoms in total. The Hall–Kier alpha value is -3.50. The van der Waals surface area contributed by atoms with Crippen LogP contribution in [0.5, 0.6) is 0 Å². The summed E-state index contributed by atoms with van der Waals surface area (Å²) in [6.07, 6.45) is -4.01. The van der Waals surface area contributed by atoms with E-state index >= 15 is 0 Å². The smallest absolute Gasteiger partial charge is 0.383 e. The molecule has 0 atom stereocenters. The number of amides is 1. The largest absolute Gasteiger partial charge is 0.417 e. The van der Waals surface area contributed by atoms with E-state index in [1.807, 2.05) is 0 Å². The highest BCUT2D eigenvalue weighted by molar-refractivity contribution is 6.07. The topological polar surface area (TPSA) is 85.8 Å². The first kappa shape index (κ1) is 19.3. The molecular weight excluding hydrogens is 385 g/mol. The Morgan fingerprint density at radius 1 is 1.14 bits per heavy atom. The Bertz CT molecular complexity index is 1020. The normalized spacial score (nSPS) is 11.5. The zero-order chi connectivity index (χ0) is 20.6. The molecule has 28 heavy (non-hydrogen) atoms. The predicted molar refractivity (Wildman–Crippen MR) is 89.8 cm³/mol. The minimum atomic E-state index is -4.57. The van der Waals surface area contributed by atoms with Gasteiger partial charge in [-0.15, -0.1) is 0 Å². The van der Waals surface area contributed by atoms with Gasteiger partial charge < -0.3 is 11.1 Å². The maximum Gasteiger partial charge on any atom is 0.417 e. The van der Waals surface area contributed by atoms with Gasteiger partial charge in [-0.2, -0.15) is 18.3 Å². The molecule has 0 spiro atoms. The van der Waals surface area contributed by atoms with Gasteiger partial charge in [0.05, 0.1) is 11.3 Å². The van der Waals surface area contributed by atoms with Crippen LogP contribution in [0.4, 0.5) is 33.6 Å². The van der Waals surface area contributed by atoms with Gasteiger partial charge in [-0.3, -0.25) is 4.79 Å². The number of anilines is 2. The van der Waals surface area contributed by atoms with E-state index in [-0.39, 0.29) is 22.9 Å². The lowest BCUT2D eigenvalue weighted by atomic mass is 10.2. The molecule has 0 unspecified atom stereocenters. The molecule has 0 saturated heterocycles. The summed E-state index contributed by atoms with van der Waals surface area (Å²) in [5.41, 5.74) is 4.17. The number of carbonyl (C=O) groups excluding carboxylic acids is 1. The molecule has 0 aliphatic heterocycles. The van der Waals surface area contributed by atoms with E-state index in [1.54, 1.807) is 0 Å². The van der Waals surface area contributed by atoms with Crippen LogP contribution in [-0.2, 0) is 6.18 Å². The van der Waals surface area contributed by atoms with Gasteiger partial charge in [-0.05, 0) is 31.2 Å². The van der Waals surface area contributed by atoms with Gasteiger partial charge in [0.2, 0.25) is 0 Å². The second-order valence-electron chi connectivity index (χ2n) is 5.71. The van der Waals surface area contributed by atoms with Crippen molar-refractivity contribution < 1.29 is 26.7 Å². The zero-order valence-corrected chi connectivity index (χ0v) is 14.2. The first-order chi connectivity index (χ1) is 13.1. The number of pyridine rings is 1. The number of nitrogens with zero attached hydrogens (tertiary/aromatic N) is 3. The molecule has 0 bridgehead atoms. The van der Waals surface area contributed by atoms with Crippen LogP contribution >= 0.6 is 0 Å². The van der Waals surface area contributed by atoms with E-state index in [2.05, 4.69) is 15.4 Å². The summed E-state index contributed by atoms with van der Waals surface area (Å²) >= 11 is 0. The number of halogens is 5. The molecule has 1 amide bonds. The minimum absolute atomic E-state index is 0.0598. The van der Waals surface area contributed by atoms with E-state index < -0.39 is 35.0 Å². The van der Waals surface area contributed by atoms with Crippen LogP contribution in [0.2, 0.25) is 0 Å². The fraction of sp³-hybridized carbons (Fsp3) is 0.118. The lowest BCUT2D eigenvalue weighted by molar-refractivity contribution is -0.137. The number of nitrogens with two attached hydrogens (primary N) is 1. The standard InChI is InChI=1S/C17H12F5N5O/c1-8-13(15(23)27(26-8)14-10(18)3-2-4-11(14)19)16(28)25-12-6-5-9(7-24-12)17(20,21)22/h2-7H,23H2,1H3,(H,24,25,28). The number of aromatic nitrogens is 3. The first-order valence-electron chi connectivity index (χ1n) is 7.73. The lowest BCUT2D eigenvalue weighted by Gasteiger charge is -2.09. The minimum Gasteiger partial charge on any atom is -0.383 e. The zero-order valence-electron chi connectivity index (χ0n) is 14.2. The SMILES string of the molecule is Cc1nn(-c2c(F)cccc2F)c(N)c1C(=O)Nc1ccc(C(F)(F)F)cn1. The molecule has 146 valence electrons. The Balaban J connectivity index is 1.92. The van der Waals surface area contributed by atoms with Crippen LogP contribution in [0.25, 0.3) is 5.69 Å². The van der Waals surface area contributed by atoms with E-state index in [0.29, 0.717) is 6.20 Å². The number of carbonyl (C=O) groups is 1. The molecule has 0 saturated carbocycles. The molecule has 2 aromatic heterocycles. The van der Waals surface area contributed by atoms with E-state index in [9.17, 15) is 26.7 Å². The summed E-state index contributed by atoms with van der Waals surface area (Å²) in [4.78, 5) is 16.0. The fourth-order valence-corrected chi connectivity index (χ4v) is 2.50. The highest BCUT2D eigenvalue weighted by Gasteiger charge is 2.31. The molecule has 0 aliphatic carbocycles. The van der Waals surface area contributed by atoms with Gasteiger partial charge in [-0.25, -0.2) is 18.4 Å². The van der Waals surface area contributed by atoms with Gasteiger partial charge in [-0.1, -0.05) is 6.07 Å². The number of hydrogen-bond donors (Lipinski definition) is 2. The number of rotatable bonds is 3. The van der Waals surface area contributed by atoms with Gasteiger partial charge in [0.1, 0.15) is 22.9 Å². The van der Waals surface area contributed by atoms with Crippen molar-refractivity contribution in [2.24, 2.45) is 0 Å². The van der Waals surface area contributed by atoms with Crippen LogP contribution in [0.15, 0.2) is 36.5 Å². The summed E-state index contributed by atoms with van der Waals surface area (Å²) < 4.78 is 66.4. The van der Waals surface area contributed by atoms with Gasteiger partial charge >= 0.3 is 6.18 Å². The quantitative estimate of drug-likeness (QED) is 0.660. The van der Waals surface area contributed by atoms with Gasteiger partial charge in [0.25, 0.3) is 5.91 Å². The molecule has 0 aliphatic rings. The average Bonchev–Trinajstić information content (AvgIpc) is 2.89. The third-order valence-electron chi connectivity index (χ3n) is 3.80. The Labute approximate surface area is 154 Å². The maximum atomic E-state index is 14.0. The number of para-hydroxylation sites is 1. The highest BCUT2D eigenvalue weighted by Crippen LogP contribution is 2.29. The number of nitrogens with one attached hydrogen (secondary N) is 1.